The predicted molar refractivity (Wildman–Crippen MR) is 131 cm³/mol. The molecule has 1 N–H and O–H groups in total. The van der Waals surface area contributed by atoms with Crippen molar-refractivity contribution in [3.63, 3.8) is 0 Å². The lowest BCUT2D eigenvalue weighted by atomic mass is 10.1. The Balaban J connectivity index is 1.41. The Bertz CT molecular complexity index is 1230. The maximum absolute atomic E-state index is 13.2. The van der Waals surface area contributed by atoms with Gasteiger partial charge in [-0.1, -0.05) is 66.7 Å². The van der Waals surface area contributed by atoms with Crippen LogP contribution in [0.2, 0.25) is 0 Å². The molecule has 0 aliphatic carbocycles. The zero-order chi connectivity index (χ0) is 23.0. The van der Waals surface area contributed by atoms with Crippen molar-refractivity contribution in [2.45, 2.75) is 25.9 Å². The van der Waals surface area contributed by atoms with Crippen LogP contribution in [0.25, 0.3) is 10.8 Å². The van der Waals surface area contributed by atoms with Crippen molar-refractivity contribution in [1.29, 1.82) is 0 Å². The highest BCUT2D eigenvalue weighted by Gasteiger charge is 2.22. The number of hydrogen-bond acceptors (Lipinski definition) is 3. The van der Waals surface area contributed by atoms with Crippen LogP contribution in [-0.4, -0.2) is 28.2 Å². The summed E-state index contributed by atoms with van der Waals surface area (Å²) >= 11 is 0. The summed E-state index contributed by atoms with van der Waals surface area (Å²) in [5.74, 6) is -0.211. The first-order valence-corrected chi connectivity index (χ1v) is 11.1. The van der Waals surface area contributed by atoms with Crippen LogP contribution in [0.5, 0.6) is 0 Å². The number of nitrogens with zero attached hydrogens (tertiary/aromatic N) is 2. The number of nitrogens with one attached hydrogen (secondary N) is 1. The van der Waals surface area contributed by atoms with Crippen LogP contribution < -0.4 is 5.32 Å². The van der Waals surface area contributed by atoms with Crippen LogP contribution in [0.3, 0.4) is 0 Å². The number of fused-ring (bicyclic) bond motifs is 1. The molecular weight excluding hydrogens is 410 g/mol. The summed E-state index contributed by atoms with van der Waals surface area (Å²) in [6, 6.07) is 29.0. The van der Waals surface area contributed by atoms with Gasteiger partial charge in [-0.15, -0.1) is 0 Å². The largest absolute Gasteiger partial charge is 0.352 e. The highest BCUT2D eigenvalue weighted by Crippen LogP contribution is 2.22. The second-order valence-corrected chi connectivity index (χ2v) is 8.01. The van der Waals surface area contributed by atoms with E-state index in [0.29, 0.717) is 12.1 Å². The molecule has 3 aromatic carbocycles. The zero-order valence-corrected chi connectivity index (χ0v) is 18.6. The summed E-state index contributed by atoms with van der Waals surface area (Å²) in [5, 5.41) is 4.99. The summed E-state index contributed by atoms with van der Waals surface area (Å²) < 4.78 is 0. The molecule has 1 unspecified atom stereocenters. The highest BCUT2D eigenvalue weighted by atomic mass is 16.2. The summed E-state index contributed by atoms with van der Waals surface area (Å²) in [5.41, 5.74) is 2.47. The van der Waals surface area contributed by atoms with Gasteiger partial charge in [0, 0.05) is 31.3 Å². The fraction of sp³-hybridized carbons (Fsp3) is 0.179. The second-order valence-electron chi connectivity index (χ2n) is 8.01. The third kappa shape index (κ3) is 5.63. The number of benzene rings is 3. The predicted octanol–water partition coefficient (Wildman–Crippen LogP) is 5.14. The van der Waals surface area contributed by atoms with E-state index in [2.05, 4.69) is 10.3 Å². The standard InChI is InChI=1S/C28H27N3O2/c1-21(26-13-7-8-17-29-26)31(20-22-9-3-2-4-10-22)27(32)16-18-30-28(33)25-15-14-23-11-5-6-12-24(23)19-25/h2-15,17,19,21H,16,18,20H2,1H3,(H,30,33). The van der Waals surface area contributed by atoms with Crippen molar-refractivity contribution in [3.05, 3.63) is 114 Å². The van der Waals surface area contributed by atoms with Gasteiger partial charge >= 0.3 is 0 Å². The van der Waals surface area contributed by atoms with Gasteiger partial charge in [-0.25, -0.2) is 0 Å². The van der Waals surface area contributed by atoms with Crippen molar-refractivity contribution < 1.29 is 9.59 Å². The van der Waals surface area contributed by atoms with Gasteiger partial charge in [-0.3, -0.25) is 14.6 Å². The molecule has 0 saturated carbocycles. The molecule has 5 nitrogen and oxygen atoms in total. The minimum Gasteiger partial charge on any atom is -0.352 e. The summed E-state index contributed by atoms with van der Waals surface area (Å²) in [4.78, 5) is 32.1. The molecule has 166 valence electrons. The Morgan fingerprint density at radius 2 is 1.61 bits per heavy atom. The van der Waals surface area contributed by atoms with E-state index in [4.69, 9.17) is 0 Å². The molecule has 1 atom stereocenters. The van der Waals surface area contributed by atoms with E-state index in [1.165, 1.54) is 0 Å². The van der Waals surface area contributed by atoms with E-state index in [1.807, 2.05) is 103 Å². The average Bonchev–Trinajstić information content (AvgIpc) is 2.87. The highest BCUT2D eigenvalue weighted by molar-refractivity contribution is 5.98. The number of pyridine rings is 1. The smallest absolute Gasteiger partial charge is 0.251 e. The van der Waals surface area contributed by atoms with E-state index in [1.54, 1.807) is 6.20 Å². The number of rotatable bonds is 8. The van der Waals surface area contributed by atoms with Crippen LogP contribution >= 0.6 is 0 Å². The number of carbonyl (C=O) groups excluding carboxylic acids is 2. The lowest BCUT2D eigenvalue weighted by molar-refractivity contribution is -0.134. The van der Waals surface area contributed by atoms with Crippen molar-refractivity contribution in [2.75, 3.05) is 6.54 Å². The number of hydrogen-bond donors (Lipinski definition) is 1. The van der Waals surface area contributed by atoms with Gasteiger partial charge in [0.15, 0.2) is 0 Å². The van der Waals surface area contributed by atoms with Crippen LogP contribution in [0.1, 0.15) is 41.0 Å². The molecule has 0 aliphatic rings. The first kappa shape index (κ1) is 22.2. The Labute approximate surface area is 194 Å². The number of amides is 2. The van der Waals surface area contributed by atoms with Crippen LogP contribution in [0.15, 0.2) is 97.2 Å². The summed E-state index contributed by atoms with van der Waals surface area (Å²) in [7, 11) is 0. The normalized spacial score (nSPS) is 11.7. The van der Waals surface area contributed by atoms with Crippen LogP contribution in [-0.2, 0) is 11.3 Å². The van der Waals surface area contributed by atoms with Gasteiger partial charge in [0.05, 0.1) is 11.7 Å². The maximum Gasteiger partial charge on any atom is 0.251 e. The molecule has 0 aliphatic heterocycles. The Kier molecular flexibility index (Phi) is 7.10. The van der Waals surface area contributed by atoms with Crippen molar-refractivity contribution >= 4 is 22.6 Å². The Morgan fingerprint density at radius 3 is 2.36 bits per heavy atom. The van der Waals surface area contributed by atoms with Gasteiger partial charge < -0.3 is 10.2 Å². The quantitative estimate of drug-likeness (QED) is 0.415. The maximum atomic E-state index is 13.2. The van der Waals surface area contributed by atoms with Crippen LogP contribution in [0.4, 0.5) is 0 Å². The molecule has 33 heavy (non-hydrogen) atoms. The first-order valence-electron chi connectivity index (χ1n) is 11.1. The molecule has 4 aromatic rings. The van der Waals surface area contributed by atoms with Crippen molar-refractivity contribution in [3.8, 4) is 0 Å². The molecule has 1 heterocycles. The lowest BCUT2D eigenvalue weighted by Gasteiger charge is -2.29. The molecule has 4 rings (SSSR count). The minimum absolute atomic E-state index is 0.0317. The second kappa shape index (κ2) is 10.6. The Hall–Kier alpha value is -3.99. The van der Waals surface area contributed by atoms with E-state index in [-0.39, 0.29) is 30.8 Å². The number of aromatic nitrogens is 1. The minimum atomic E-state index is -0.185. The molecule has 0 bridgehead atoms. The van der Waals surface area contributed by atoms with Gasteiger partial charge in [0.1, 0.15) is 0 Å². The van der Waals surface area contributed by atoms with Gasteiger partial charge in [-0.2, -0.15) is 0 Å². The molecule has 1 aromatic heterocycles. The molecular formula is C28H27N3O2. The van der Waals surface area contributed by atoms with Gasteiger partial charge in [-0.05, 0) is 47.5 Å². The van der Waals surface area contributed by atoms with Gasteiger partial charge in [0.25, 0.3) is 5.91 Å². The molecule has 0 radical (unpaired) electrons. The molecule has 0 spiro atoms. The molecule has 2 amide bonds. The molecule has 0 fully saturated rings. The van der Waals surface area contributed by atoms with E-state index >= 15 is 0 Å². The zero-order valence-electron chi connectivity index (χ0n) is 18.6. The fourth-order valence-electron chi connectivity index (χ4n) is 3.86. The third-order valence-corrected chi connectivity index (χ3v) is 5.74. The van der Waals surface area contributed by atoms with Gasteiger partial charge in [0.2, 0.25) is 5.91 Å². The SMILES string of the molecule is CC(c1ccccn1)N(Cc1ccccc1)C(=O)CCNC(=O)c1ccc2ccccc2c1. The topological polar surface area (TPSA) is 62.3 Å². The monoisotopic (exact) mass is 437 g/mol. The van der Waals surface area contributed by atoms with E-state index in [0.717, 1.165) is 22.0 Å². The first-order chi connectivity index (χ1) is 16.1. The van der Waals surface area contributed by atoms with Crippen molar-refractivity contribution in [2.24, 2.45) is 0 Å². The number of carbonyl (C=O) groups is 2. The summed E-state index contributed by atoms with van der Waals surface area (Å²) in [6.45, 7) is 2.73. The van der Waals surface area contributed by atoms with Crippen molar-refractivity contribution in [1.82, 2.24) is 15.2 Å². The molecule has 0 saturated heterocycles. The van der Waals surface area contributed by atoms with E-state index in [9.17, 15) is 9.59 Å². The third-order valence-electron chi connectivity index (χ3n) is 5.74. The Morgan fingerprint density at radius 1 is 0.879 bits per heavy atom. The average molecular weight is 438 g/mol. The lowest BCUT2D eigenvalue weighted by Crippen LogP contribution is -2.36. The fourth-order valence-corrected chi connectivity index (χ4v) is 3.86. The summed E-state index contributed by atoms with van der Waals surface area (Å²) in [6.07, 6.45) is 1.95. The molecule has 5 heteroatoms. The van der Waals surface area contributed by atoms with Crippen LogP contribution in [0, 0.1) is 0 Å². The van der Waals surface area contributed by atoms with E-state index < -0.39 is 0 Å².